The Balaban J connectivity index is 2.33. The van der Waals surface area contributed by atoms with E-state index in [9.17, 15) is 22.8 Å². The first kappa shape index (κ1) is 13.8. The minimum Gasteiger partial charge on any atom is -0.465 e. The number of amides is 1. The summed E-state index contributed by atoms with van der Waals surface area (Å²) in [5.74, 6) is -1.60. The number of carbonyl (C=O) groups is 2. The molecule has 1 aliphatic carbocycles. The maximum absolute atomic E-state index is 11.9. The lowest BCUT2D eigenvalue weighted by molar-refractivity contribution is -0.154. The van der Waals surface area contributed by atoms with Gasteiger partial charge < -0.3 is 10.1 Å². The Morgan fingerprint density at radius 3 is 2.53 bits per heavy atom. The van der Waals surface area contributed by atoms with Crippen molar-refractivity contribution in [3.8, 4) is 0 Å². The van der Waals surface area contributed by atoms with Crippen molar-refractivity contribution in [1.29, 1.82) is 0 Å². The minimum absolute atomic E-state index is 0.108. The van der Waals surface area contributed by atoms with Crippen molar-refractivity contribution in [2.24, 2.45) is 5.92 Å². The second kappa shape index (κ2) is 4.54. The molecule has 0 aromatic carbocycles. The highest BCUT2D eigenvalue weighted by atomic mass is 19.4. The Hall–Kier alpha value is -1.27. The molecule has 1 amide bonds. The second-order valence-corrected chi connectivity index (χ2v) is 4.46. The lowest BCUT2D eigenvalue weighted by atomic mass is 10.2. The molecule has 1 aliphatic rings. The van der Waals surface area contributed by atoms with Crippen LogP contribution in [0.2, 0.25) is 0 Å². The number of rotatable bonds is 4. The van der Waals surface area contributed by atoms with Gasteiger partial charge in [-0.25, -0.2) is 0 Å². The number of halogens is 3. The quantitative estimate of drug-likeness (QED) is 0.770. The Bertz CT molecular complexity index is 329. The van der Waals surface area contributed by atoms with E-state index >= 15 is 0 Å². The third-order valence-electron chi connectivity index (χ3n) is 2.69. The monoisotopic (exact) mass is 253 g/mol. The third kappa shape index (κ3) is 4.62. The van der Waals surface area contributed by atoms with Crippen molar-refractivity contribution >= 4 is 11.9 Å². The molecular weight excluding hydrogens is 239 g/mol. The van der Waals surface area contributed by atoms with Crippen molar-refractivity contribution < 1.29 is 27.5 Å². The van der Waals surface area contributed by atoms with Crippen molar-refractivity contribution in [2.75, 3.05) is 6.61 Å². The molecule has 2 atom stereocenters. The van der Waals surface area contributed by atoms with E-state index in [0.717, 1.165) is 0 Å². The Labute approximate surface area is 96.5 Å². The second-order valence-electron chi connectivity index (χ2n) is 4.46. The van der Waals surface area contributed by atoms with E-state index < -0.39 is 30.0 Å². The number of carbonyl (C=O) groups excluding carboxylic acids is 2. The highest BCUT2D eigenvalue weighted by Gasteiger charge is 2.52. The molecule has 1 rings (SSSR count). The van der Waals surface area contributed by atoms with Gasteiger partial charge in [0.25, 0.3) is 0 Å². The zero-order chi connectivity index (χ0) is 13.3. The maximum atomic E-state index is 11.9. The number of esters is 1. The molecule has 4 nitrogen and oxygen atoms in total. The molecule has 0 unspecified atom stereocenters. The normalized spacial score (nSPS) is 27.5. The first-order valence-corrected chi connectivity index (χ1v) is 5.13. The molecule has 1 saturated carbocycles. The molecule has 1 N–H and O–H groups in total. The number of nitrogens with one attached hydrogen (secondary N) is 1. The fourth-order valence-corrected chi connectivity index (χ4v) is 1.61. The van der Waals surface area contributed by atoms with Gasteiger partial charge in [-0.15, -0.1) is 0 Å². The molecule has 0 radical (unpaired) electrons. The highest BCUT2D eigenvalue weighted by molar-refractivity contribution is 5.78. The third-order valence-corrected chi connectivity index (χ3v) is 2.69. The Morgan fingerprint density at radius 1 is 1.47 bits per heavy atom. The Kier molecular flexibility index (Phi) is 3.68. The molecule has 98 valence electrons. The topological polar surface area (TPSA) is 55.4 Å². The summed E-state index contributed by atoms with van der Waals surface area (Å²) in [6.45, 7) is 3.01. The molecule has 0 bridgehead atoms. The summed E-state index contributed by atoms with van der Waals surface area (Å²) < 4.78 is 40.5. The van der Waals surface area contributed by atoms with Gasteiger partial charge in [0.15, 0.2) is 0 Å². The zero-order valence-electron chi connectivity index (χ0n) is 9.56. The largest absolute Gasteiger partial charge is 0.465 e. The van der Waals surface area contributed by atoms with Gasteiger partial charge in [-0.1, -0.05) is 0 Å². The Morgan fingerprint density at radius 2 is 2.06 bits per heavy atom. The average Bonchev–Trinajstić information content (AvgIpc) is 2.68. The fourth-order valence-electron chi connectivity index (χ4n) is 1.61. The van der Waals surface area contributed by atoms with E-state index in [1.807, 2.05) is 0 Å². The average molecular weight is 253 g/mol. The molecule has 7 heteroatoms. The van der Waals surface area contributed by atoms with Crippen LogP contribution >= 0.6 is 0 Å². The van der Waals surface area contributed by atoms with Crippen LogP contribution in [0.15, 0.2) is 0 Å². The predicted octanol–water partition coefficient (Wildman–Crippen LogP) is 1.40. The van der Waals surface area contributed by atoms with Crippen molar-refractivity contribution in [3.05, 3.63) is 0 Å². The van der Waals surface area contributed by atoms with Gasteiger partial charge in [0, 0.05) is 18.4 Å². The minimum atomic E-state index is -4.50. The van der Waals surface area contributed by atoms with E-state index in [4.69, 9.17) is 4.74 Å². The predicted molar refractivity (Wildman–Crippen MR) is 52.0 cm³/mol. The van der Waals surface area contributed by atoms with Gasteiger partial charge in [-0.3, -0.25) is 9.59 Å². The summed E-state index contributed by atoms with van der Waals surface area (Å²) in [6.07, 6.45) is -5.46. The van der Waals surface area contributed by atoms with Crippen LogP contribution in [0.4, 0.5) is 13.2 Å². The lowest BCUT2D eigenvalue weighted by Gasteiger charge is -2.15. The van der Waals surface area contributed by atoms with Crippen LogP contribution in [0.1, 0.15) is 26.7 Å². The van der Waals surface area contributed by atoms with Crippen LogP contribution in [-0.2, 0) is 14.3 Å². The molecule has 0 saturated heterocycles. The van der Waals surface area contributed by atoms with E-state index in [2.05, 4.69) is 5.32 Å². The zero-order valence-corrected chi connectivity index (χ0v) is 9.56. The van der Waals surface area contributed by atoms with Crippen molar-refractivity contribution in [3.63, 3.8) is 0 Å². The molecule has 0 aromatic rings. The summed E-state index contributed by atoms with van der Waals surface area (Å²) >= 11 is 0. The van der Waals surface area contributed by atoms with Gasteiger partial charge in [0.1, 0.15) is 6.42 Å². The smallest absolute Gasteiger partial charge is 0.397 e. The number of alkyl halides is 3. The van der Waals surface area contributed by atoms with Gasteiger partial charge in [-0.2, -0.15) is 13.2 Å². The van der Waals surface area contributed by atoms with Crippen LogP contribution in [0.25, 0.3) is 0 Å². The first-order valence-electron chi connectivity index (χ1n) is 5.13. The van der Waals surface area contributed by atoms with E-state index in [-0.39, 0.29) is 12.5 Å². The van der Waals surface area contributed by atoms with Crippen LogP contribution < -0.4 is 5.32 Å². The van der Waals surface area contributed by atoms with E-state index in [0.29, 0.717) is 6.42 Å². The summed E-state index contributed by atoms with van der Waals surface area (Å²) in [7, 11) is 0. The van der Waals surface area contributed by atoms with Gasteiger partial charge in [-0.05, 0) is 13.3 Å². The summed E-state index contributed by atoms with van der Waals surface area (Å²) in [5.41, 5.74) is -0.683. The number of ether oxygens (including phenoxy) is 1. The molecule has 0 aromatic heterocycles. The lowest BCUT2D eigenvalue weighted by Crippen LogP contribution is -2.39. The van der Waals surface area contributed by atoms with E-state index in [1.54, 1.807) is 6.92 Å². The number of hydrogen-bond acceptors (Lipinski definition) is 3. The van der Waals surface area contributed by atoms with Crippen LogP contribution in [0, 0.1) is 5.92 Å². The molecule has 17 heavy (non-hydrogen) atoms. The van der Waals surface area contributed by atoms with Gasteiger partial charge in [0.2, 0.25) is 5.91 Å². The van der Waals surface area contributed by atoms with Crippen molar-refractivity contribution in [1.82, 2.24) is 5.32 Å². The highest BCUT2D eigenvalue weighted by Crippen LogP contribution is 2.43. The molecular formula is C10H14F3NO3. The van der Waals surface area contributed by atoms with Crippen LogP contribution in [0.5, 0.6) is 0 Å². The van der Waals surface area contributed by atoms with Gasteiger partial charge in [0.05, 0.1) is 6.61 Å². The standard InChI is InChI=1S/C10H14F3NO3/c1-6(15)17-5-7-3-9(7,2)14-8(16)4-10(11,12)13/h7H,3-5H2,1-2H3,(H,14,16)/t7-,9-/m1/s1. The molecule has 0 heterocycles. The van der Waals surface area contributed by atoms with Crippen LogP contribution in [0.3, 0.4) is 0 Å². The van der Waals surface area contributed by atoms with E-state index in [1.165, 1.54) is 6.92 Å². The summed E-state index contributed by atoms with van der Waals surface area (Å²) in [6, 6.07) is 0. The first-order chi connectivity index (χ1) is 7.62. The van der Waals surface area contributed by atoms with Gasteiger partial charge >= 0.3 is 12.1 Å². The molecule has 0 spiro atoms. The summed E-state index contributed by atoms with van der Waals surface area (Å²) in [5, 5.41) is 2.31. The van der Waals surface area contributed by atoms with Crippen molar-refractivity contribution in [2.45, 2.75) is 38.4 Å². The summed E-state index contributed by atoms with van der Waals surface area (Å²) in [4.78, 5) is 21.6. The molecule has 1 fully saturated rings. The fraction of sp³-hybridized carbons (Fsp3) is 0.800. The molecule has 0 aliphatic heterocycles. The SMILES string of the molecule is CC(=O)OC[C@H]1C[C@@]1(C)NC(=O)CC(F)(F)F. The van der Waals surface area contributed by atoms with Crippen LogP contribution in [-0.4, -0.2) is 30.2 Å². The maximum Gasteiger partial charge on any atom is 0.397 e. The number of hydrogen-bond donors (Lipinski definition) is 1.